The monoisotopic (exact) mass is 534 g/mol. The van der Waals surface area contributed by atoms with E-state index in [1.54, 1.807) is 64.1 Å². The summed E-state index contributed by atoms with van der Waals surface area (Å²) in [7, 11) is 0. The molecule has 2 aromatic carbocycles. The highest BCUT2D eigenvalue weighted by Crippen LogP contribution is 2.16. The van der Waals surface area contributed by atoms with Gasteiger partial charge in [-0.25, -0.2) is 29.0 Å². The Hall–Kier alpha value is -4.16. The van der Waals surface area contributed by atoms with Crippen molar-refractivity contribution in [3.63, 3.8) is 0 Å². The third-order valence-electron chi connectivity index (χ3n) is 5.27. The molecule has 0 N–H and O–H groups in total. The Morgan fingerprint density at radius 2 is 0.868 bits per heavy atom. The van der Waals surface area contributed by atoms with Crippen LogP contribution < -0.4 is 0 Å². The molecule has 0 saturated carbocycles. The van der Waals surface area contributed by atoms with Crippen LogP contribution in [-0.2, 0) is 39.1 Å². The summed E-state index contributed by atoms with van der Waals surface area (Å²) in [6.45, 7) is 7.01. The second-order valence-electron chi connectivity index (χ2n) is 8.19. The quantitative estimate of drug-likeness (QED) is 0.139. The first kappa shape index (κ1) is 30.1. The lowest BCUT2D eigenvalue weighted by atomic mass is 10.0. The third-order valence-corrected chi connectivity index (χ3v) is 5.27. The minimum atomic E-state index is -1.16. The van der Waals surface area contributed by atoms with Crippen molar-refractivity contribution >= 4 is 24.2 Å². The fraction of sp³-hybridized carbons (Fsp3) is 0.385. The zero-order chi connectivity index (χ0) is 27.9. The average Bonchev–Trinajstić information content (AvgIpc) is 2.85. The fourth-order valence-electron chi connectivity index (χ4n) is 3.42. The van der Waals surface area contributed by atoms with Gasteiger partial charge in [-0.2, -0.15) is 0 Å². The molecule has 38 heavy (non-hydrogen) atoms. The zero-order valence-corrected chi connectivity index (χ0v) is 21.6. The molecule has 12 heteroatoms. The van der Waals surface area contributed by atoms with Crippen LogP contribution in [0.15, 0.2) is 36.4 Å². The van der Waals surface area contributed by atoms with E-state index in [0.29, 0.717) is 59.1 Å². The van der Waals surface area contributed by atoms with Crippen molar-refractivity contribution in [1.29, 1.82) is 0 Å². The van der Waals surface area contributed by atoms with Gasteiger partial charge in [-0.05, 0) is 75.6 Å². The molecule has 0 amide bonds. The lowest BCUT2D eigenvalue weighted by Gasteiger charge is -2.08. The summed E-state index contributed by atoms with van der Waals surface area (Å²) in [5.74, 6) is -1.60. The Kier molecular flexibility index (Phi) is 12.5. The first-order chi connectivity index (χ1) is 18.2. The molecule has 206 valence electrons. The van der Waals surface area contributed by atoms with Crippen LogP contribution in [0.25, 0.3) is 0 Å². The Balaban J connectivity index is 1.46. The van der Waals surface area contributed by atoms with E-state index >= 15 is 0 Å². The number of hydrogen-bond donors (Lipinski definition) is 0. The van der Waals surface area contributed by atoms with Crippen molar-refractivity contribution in [2.75, 3.05) is 13.2 Å². The number of rotatable bonds is 13. The number of hydrogen-bond acceptors (Lipinski definition) is 12. The number of aryl methyl sites for hydroxylation is 4. The van der Waals surface area contributed by atoms with E-state index in [4.69, 9.17) is 9.47 Å². The number of ether oxygens (including phenoxy) is 2. The normalized spacial score (nSPS) is 10.3. The molecule has 0 aliphatic heterocycles. The number of benzene rings is 2. The molecule has 0 aliphatic carbocycles. The standard InChI is InChI=1S/C26H30O12/c1-17-11-9-12-18(2)21(17)23(27)33-37-35-25(29)31-15-7-5-6-8-16-32-26(30)36-38-34-24(28)22-19(3)13-10-14-20(22)4/h9-14H,5-8,15-16H2,1-4H3. The van der Waals surface area contributed by atoms with Crippen LogP contribution in [-0.4, -0.2) is 37.5 Å². The van der Waals surface area contributed by atoms with E-state index in [0.717, 1.165) is 0 Å². The van der Waals surface area contributed by atoms with Crippen LogP contribution in [0.1, 0.15) is 68.7 Å². The van der Waals surface area contributed by atoms with Gasteiger partial charge in [0, 0.05) is 0 Å². The minimum absolute atomic E-state index is 0.0372. The SMILES string of the molecule is Cc1cccc(C)c1C(=O)OOOC(=O)OCCCCCCOC(=O)OOOC(=O)c1c(C)cccc1C. The van der Waals surface area contributed by atoms with Gasteiger partial charge in [0.15, 0.2) is 0 Å². The molecular weight excluding hydrogens is 504 g/mol. The molecule has 0 atom stereocenters. The van der Waals surface area contributed by atoms with Gasteiger partial charge in [0.05, 0.1) is 34.4 Å². The molecule has 2 rings (SSSR count). The summed E-state index contributed by atoms with van der Waals surface area (Å²) in [5, 5.41) is 8.41. The second kappa shape index (κ2) is 15.8. The van der Waals surface area contributed by atoms with Crippen LogP contribution in [0, 0.1) is 27.7 Å². The summed E-state index contributed by atoms with van der Waals surface area (Å²) in [6, 6.07) is 10.5. The van der Waals surface area contributed by atoms with Crippen molar-refractivity contribution in [2.45, 2.75) is 53.4 Å². The maximum Gasteiger partial charge on any atom is 0.543 e. The van der Waals surface area contributed by atoms with Crippen LogP contribution >= 0.6 is 0 Å². The molecule has 0 unspecified atom stereocenters. The highest BCUT2D eigenvalue weighted by Gasteiger charge is 2.17. The molecule has 0 aliphatic rings. The van der Waals surface area contributed by atoms with Crippen molar-refractivity contribution in [1.82, 2.24) is 0 Å². The number of carbonyl (C=O) groups is 4. The fourth-order valence-corrected chi connectivity index (χ4v) is 3.42. The zero-order valence-electron chi connectivity index (χ0n) is 21.6. The summed E-state index contributed by atoms with van der Waals surface area (Å²) < 4.78 is 9.58. The lowest BCUT2D eigenvalue weighted by Crippen LogP contribution is -2.14. The Bertz CT molecular complexity index is 983. The average molecular weight is 535 g/mol. The molecular formula is C26H30O12. The van der Waals surface area contributed by atoms with E-state index in [1.165, 1.54) is 0 Å². The van der Waals surface area contributed by atoms with E-state index in [-0.39, 0.29) is 13.2 Å². The van der Waals surface area contributed by atoms with Crippen molar-refractivity contribution in [2.24, 2.45) is 0 Å². The smallest absolute Gasteiger partial charge is 0.432 e. The van der Waals surface area contributed by atoms with E-state index in [1.807, 2.05) is 0 Å². The largest absolute Gasteiger partial charge is 0.543 e. The van der Waals surface area contributed by atoms with E-state index < -0.39 is 24.2 Å². The summed E-state index contributed by atoms with van der Waals surface area (Å²) in [4.78, 5) is 64.4. The van der Waals surface area contributed by atoms with Gasteiger partial charge in [-0.15, -0.1) is 0 Å². The number of carbonyl (C=O) groups excluding carboxylic acids is 4. The first-order valence-electron chi connectivity index (χ1n) is 11.8. The highest BCUT2D eigenvalue weighted by molar-refractivity contribution is 5.92. The Labute approximate surface area is 219 Å². The molecule has 0 fully saturated rings. The van der Waals surface area contributed by atoms with Crippen molar-refractivity contribution in [3.05, 3.63) is 69.8 Å². The second-order valence-corrected chi connectivity index (χ2v) is 8.19. The summed E-state index contributed by atoms with van der Waals surface area (Å²) in [6.07, 6.45) is -0.0267. The van der Waals surface area contributed by atoms with Gasteiger partial charge in [-0.3, -0.25) is 9.78 Å². The maximum absolute atomic E-state index is 12.0. The van der Waals surface area contributed by atoms with E-state index in [9.17, 15) is 19.2 Å². The van der Waals surface area contributed by atoms with Crippen molar-refractivity contribution in [3.8, 4) is 0 Å². The van der Waals surface area contributed by atoms with Gasteiger partial charge in [0.2, 0.25) is 0 Å². The van der Waals surface area contributed by atoms with Crippen LogP contribution in [0.5, 0.6) is 0 Å². The Morgan fingerprint density at radius 1 is 0.526 bits per heavy atom. The highest BCUT2D eigenvalue weighted by atomic mass is 17.5. The molecule has 0 aromatic heterocycles. The summed E-state index contributed by atoms with van der Waals surface area (Å²) in [5.41, 5.74) is 3.37. The first-order valence-corrected chi connectivity index (χ1v) is 11.8. The van der Waals surface area contributed by atoms with Gasteiger partial charge in [0.1, 0.15) is 0 Å². The topological polar surface area (TPSA) is 142 Å². The maximum atomic E-state index is 12.0. The molecule has 0 saturated heterocycles. The van der Waals surface area contributed by atoms with Gasteiger partial charge in [-0.1, -0.05) is 36.4 Å². The van der Waals surface area contributed by atoms with Crippen LogP contribution in [0.3, 0.4) is 0 Å². The Morgan fingerprint density at radius 3 is 1.21 bits per heavy atom. The molecule has 0 spiro atoms. The van der Waals surface area contributed by atoms with Gasteiger partial charge in [0.25, 0.3) is 0 Å². The van der Waals surface area contributed by atoms with Gasteiger partial charge >= 0.3 is 24.2 Å². The molecule has 12 nitrogen and oxygen atoms in total. The lowest BCUT2D eigenvalue weighted by molar-refractivity contribution is -0.452. The van der Waals surface area contributed by atoms with Crippen molar-refractivity contribution < 1.29 is 58.3 Å². The van der Waals surface area contributed by atoms with Crippen LogP contribution in [0.4, 0.5) is 9.59 Å². The van der Waals surface area contributed by atoms with Gasteiger partial charge < -0.3 is 9.47 Å². The predicted molar refractivity (Wildman–Crippen MR) is 128 cm³/mol. The molecule has 2 aromatic rings. The minimum Gasteiger partial charge on any atom is -0.432 e. The third kappa shape index (κ3) is 10.1. The van der Waals surface area contributed by atoms with Crippen LogP contribution in [0.2, 0.25) is 0 Å². The predicted octanol–water partition coefficient (Wildman–Crippen LogP) is 5.49. The molecule has 0 bridgehead atoms. The van der Waals surface area contributed by atoms with E-state index in [2.05, 4.69) is 29.6 Å². The molecule has 0 heterocycles. The molecule has 0 radical (unpaired) electrons. The number of unbranched alkanes of at least 4 members (excludes halogenated alkanes) is 3. The summed E-state index contributed by atoms with van der Waals surface area (Å²) >= 11 is 0.